The highest BCUT2D eigenvalue weighted by Crippen LogP contribution is 2.40. The molecule has 0 saturated heterocycles. The van der Waals surface area contributed by atoms with Gasteiger partial charge in [-0.15, -0.1) is 0 Å². The Labute approximate surface area is 205 Å². The average Bonchev–Trinajstić information content (AvgIpc) is 3.37. The van der Waals surface area contributed by atoms with Crippen molar-refractivity contribution in [3.63, 3.8) is 0 Å². The number of fused-ring (bicyclic) bond motifs is 1. The van der Waals surface area contributed by atoms with Crippen molar-refractivity contribution in [3.05, 3.63) is 100.0 Å². The van der Waals surface area contributed by atoms with E-state index in [-0.39, 0.29) is 11.7 Å². The maximum Gasteiger partial charge on any atom is 0.248 e. The van der Waals surface area contributed by atoms with Gasteiger partial charge in [0.1, 0.15) is 5.82 Å². The molecule has 5 rings (SSSR count). The van der Waals surface area contributed by atoms with Crippen LogP contribution in [0.15, 0.2) is 60.7 Å². The van der Waals surface area contributed by atoms with Crippen LogP contribution in [0.3, 0.4) is 0 Å². The van der Waals surface area contributed by atoms with Crippen LogP contribution < -0.4 is 10.6 Å². The number of nitrogens with two attached hydrogens (primary N) is 1. The fourth-order valence-corrected chi connectivity index (χ4v) is 5.05. The standard InChI is InChI=1S/C29H29FN4O/c1-17(2)23-14-22(30)12-13-26(23)33-15-24-25(16-33)32-34(27-18(3)6-5-7-19(27)4)28(24)20-8-10-21(11-9-20)29(31)35/h5-14,17H,15-16H2,1-4H3,(H2,31,35). The Morgan fingerprint density at radius 1 is 1.00 bits per heavy atom. The molecule has 1 aliphatic rings. The largest absolute Gasteiger partial charge is 0.366 e. The number of rotatable bonds is 5. The lowest BCUT2D eigenvalue weighted by molar-refractivity contribution is 0.100. The summed E-state index contributed by atoms with van der Waals surface area (Å²) in [5, 5.41) is 5.09. The molecular formula is C29H29FN4O. The van der Waals surface area contributed by atoms with Crippen LogP contribution in [-0.4, -0.2) is 15.7 Å². The van der Waals surface area contributed by atoms with Gasteiger partial charge in [-0.1, -0.05) is 44.2 Å². The number of nitrogens with zero attached hydrogens (tertiary/aromatic N) is 3. The van der Waals surface area contributed by atoms with Crippen molar-refractivity contribution < 1.29 is 9.18 Å². The molecule has 1 aromatic heterocycles. The molecule has 0 atom stereocenters. The second kappa shape index (κ2) is 8.69. The van der Waals surface area contributed by atoms with Gasteiger partial charge in [0.2, 0.25) is 5.91 Å². The summed E-state index contributed by atoms with van der Waals surface area (Å²) in [6.45, 7) is 9.66. The van der Waals surface area contributed by atoms with E-state index in [9.17, 15) is 9.18 Å². The van der Waals surface area contributed by atoms with E-state index in [0.29, 0.717) is 18.7 Å². The van der Waals surface area contributed by atoms with Gasteiger partial charge in [0.25, 0.3) is 0 Å². The summed E-state index contributed by atoms with van der Waals surface area (Å²) in [7, 11) is 0. The molecule has 1 aliphatic heterocycles. The maximum atomic E-state index is 14.0. The Kier molecular flexibility index (Phi) is 5.67. The summed E-state index contributed by atoms with van der Waals surface area (Å²) in [5.74, 6) is -0.470. The highest BCUT2D eigenvalue weighted by molar-refractivity contribution is 5.93. The summed E-state index contributed by atoms with van der Waals surface area (Å²) < 4.78 is 16.1. The van der Waals surface area contributed by atoms with Gasteiger partial charge in [-0.05, 0) is 66.8 Å². The fraction of sp³-hybridized carbons (Fsp3) is 0.241. The number of benzene rings is 3. The van der Waals surface area contributed by atoms with Gasteiger partial charge in [-0.2, -0.15) is 5.10 Å². The van der Waals surface area contributed by atoms with Crippen LogP contribution in [-0.2, 0) is 13.1 Å². The lowest BCUT2D eigenvalue weighted by atomic mass is 10.00. The molecule has 2 N–H and O–H groups in total. The van der Waals surface area contributed by atoms with E-state index in [0.717, 1.165) is 50.6 Å². The van der Waals surface area contributed by atoms with Crippen molar-refractivity contribution in [2.45, 2.75) is 46.7 Å². The molecule has 0 aliphatic carbocycles. The van der Waals surface area contributed by atoms with E-state index < -0.39 is 5.91 Å². The molecule has 4 aromatic rings. The SMILES string of the molecule is Cc1cccc(C)c1-n1nc2c(c1-c1ccc(C(N)=O)cc1)CN(c1ccc(F)cc1C(C)C)C2. The zero-order valence-electron chi connectivity index (χ0n) is 20.5. The first-order chi connectivity index (χ1) is 16.7. The van der Waals surface area contributed by atoms with Gasteiger partial charge in [0, 0.05) is 28.9 Å². The van der Waals surface area contributed by atoms with Crippen molar-refractivity contribution in [3.8, 4) is 16.9 Å². The summed E-state index contributed by atoms with van der Waals surface area (Å²) in [6, 6.07) is 18.7. The molecule has 0 saturated carbocycles. The van der Waals surface area contributed by atoms with Crippen LogP contribution in [0.25, 0.3) is 16.9 Å². The van der Waals surface area contributed by atoms with Crippen LogP contribution in [0, 0.1) is 19.7 Å². The highest BCUT2D eigenvalue weighted by atomic mass is 19.1. The van der Waals surface area contributed by atoms with E-state index in [1.54, 1.807) is 18.2 Å². The minimum absolute atomic E-state index is 0.198. The molecule has 6 heteroatoms. The van der Waals surface area contributed by atoms with Crippen molar-refractivity contribution in [2.24, 2.45) is 5.73 Å². The van der Waals surface area contributed by atoms with Gasteiger partial charge in [-0.3, -0.25) is 4.79 Å². The second-order valence-corrected chi connectivity index (χ2v) is 9.58. The molecule has 178 valence electrons. The summed E-state index contributed by atoms with van der Waals surface area (Å²) in [6.07, 6.45) is 0. The van der Waals surface area contributed by atoms with Crippen molar-refractivity contribution >= 4 is 11.6 Å². The first-order valence-electron chi connectivity index (χ1n) is 11.9. The van der Waals surface area contributed by atoms with Crippen LogP contribution in [0.5, 0.6) is 0 Å². The normalized spacial score (nSPS) is 12.9. The minimum atomic E-state index is -0.450. The molecule has 3 aromatic carbocycles. The minimum Gasteiger partial charge on any atom is -0.366 e. The van der Waals surface area contributed by atoms with Gasteiger partial charge in [0.05, 0.1) is 23.6 Å². The van der Waals surface area contributed by atoms with E-state index in [2.05, 4.69) is 50.8 Å². The quantitative estimate of drug-likeness (QED) is 0.388. The van der Waals surface area contributed by atoms with E-state index in [1.807, 2.05) is 22.9 Å². The number of hydrogen-bond donors (Lipinski definition) is 1. The molecule has 0 radical (unpaired) electrons. The number of para-hydroxylation sites is 1. The lowest BCUT2D eigenvalue weighted by Gasteiger charge is -2.24. The Morgan fingerprint density at radius 2 is 1.69 bits per heavy atom. The number of aromatic nitrogens is 2. The predicted molar refractivity (Wildman–Crippen MR) is 137 cm³/mol. The van der Waals surface area contributed by atoms with E-state index >= 15 is 0 Å². The number of hydrogen-bond acceptors (Lipinski definition) is 3. The first kappa shape index (κ1) is 22.8. The molecule has 0 spiro atoms. The molecule has 0 unspecified atom stereocenters. The topological polar surface area (TPSA) is 64.2 Å². The van der Waals surface area contributed by atoms with Gasteiger partial charge >= 0.3 is 0 Å². The number of primary amides is 1. The zero-order valence-corrected chi connectivity index (χ0v) is 20.5. The zero-order chi connectivity index (χ0) is 24.9. The van der Waals surface area contributed by atoms with Crippen molar-refractivity contribution in [2.75, 3.05) is 4.90 Å². The highest BCUT2D eigenvalue weighted by Gasteiger charge is 2.31. The first-order valence-corrected chi connectivity index (χ1v) is 11.9. The van der Waals surface area contributed by atoms with E-state index in [4.69, 9.17) is 10.8 Å². The van der Waals surface area contributed by atoms with Gasteiger partial charge < -0.3 is 10.6 Å². The maximum absolute atomic E-state index is 14.0. The summed E-state index contributed by atoms with van der Waals surface area (Å²) in [4.78, 5) is 13.9. The monoisotopic (exact) mass is 468 g/mol. The van der Waals surface area contributed by atoms with Crippen LogP contribution in [0.2, 0.25) is 0 Å². The predicted octanol–water partition coefficient (Wildman–Crippen LogP) is 6.04. The third-order valence-corrected chi connectivity index (χ3v) is 6.80. The number of aryl methyl sites for hydroxylation is 2. The van der Waals surface area contributed by atoms with Crippen molar-refractivity contribution in [1.82, 2.24) is 9.78 Å². The Hall–Kier alpha value is -3.93. The smallest absolute Gasteiger partial charge is 0.248 e. The molecular weight excluding hydrogens is 439 g/mol. The number of halogens is 1. The number of amides is 1. The summed E-state index contributed by atoms with van der Waals surface area (Å²) in [5.41, 5.74) is 15.4. The number of carbonyl (C=O) groups excluding carboxylic acids is 1. The molecule has 2 heterocycles. The number of anilines is 1. The summed E-state index contributed by atoms with van der Waals surface area (Å²) >= 11 is 0. The fourth-order valence-electron chi connectivity index (χ4n) is 5.05. The third-order valence-electron chi connectivity index (χ3n) is 6.80. The van der Waals surface area contributed by atoms with Gasteiger partial charge in [-0.25, -0.2) is 9.07 Å². The molecule has 1 amide bonds. The molecule has 0 bridgehead atoms. The lowest BCUT2D eigenvalue weighted by Crippen LogP contribution is -2.19. The molecule has 35 heavy (non-hydrogen) atoms. The third kappa shape index (κ3) is 3.99. The number of carbonyl (C=O) groups is 1. The van der Waals surface area contributed by atoms with Crippen LogP contribution >= 0.6 is 0 Å². The van der Waals surface area contributed by atoms with Crippen LogP contribution in [0.4, 0.5) is 10.1 Å². The van der Waals surface area contributed by atoms with Gasteiger partial charge in [0.15, 0.2) is 0 Å². The second-order valence-electron chi connectivity index (χ2n) is 9.58. The Morgan fingerprint density at radius 3 is 2.31 bits per heavy atom. The Bertz CT molecular complexity index is 1420. The average molecular weight is 469 g/mol. The van der Waals surface area contributed by atoms with E-state index in [1.165, 1.54) is 6.07 Å². The van der Waals surface area contributed by atoms with Crippen molar-refractivity contribution in [1.29, 1.82) is 0 Å². The van der Waals surface area contributed by atoms with Crippen LogP contribution in [0.1, 0.15) is 58.1 Å². The Balaban J connectivity index is 1.65. The molecule has 5 nitrogen and oxygen atoms in total. The molecule has 0 fully saturated rings.